The Hall–Kier alpha value is -1.03. The third-order valence-corrected chi connectivity index (χ3v) is 3.37. The Balaban J connectivity index is 2.45. The lowest BCUT2D eigenvalue weighted by Gasteiger charge is -2.16. The summed E-state index contributed by atoms with van der Waals surface area (Å²) in [7, 11) is -2.13. The summed E-state index contributed by atoms with van der Waals surface area (Å²) in [6.45, 7) is 0.172. The van der Waals surface area contributed by atoms with E-state index < -0.39 is 10.2 Å². The summed E-state index contributed by atoms with van der Waals surface area (Å²) in [4.78, 5) is 3.68. The van der Waals surface area contributed by atoms with Crippen LogP contribution in [0.15, 0.2) is 10.9 Å². The molecule has 0 bridgehead atoms. The smallest absolute Gasteiger partial charge is 0.279 e. The molecule has 1 heterocycles. The highest BCUT2D eigenvalue weighted by Crippen LogP contribution is 1.97. The maximum Gasteiger partial charge on any atom is 0.279 e. The van der Waals surface area contributed by atoms with Crippen LogP contribution in [0.5, 0.6) is 0 Å². The summed E-state index contributed by atoms with van der Waals surface area (Å²) in [5.41, 5.74) is 0. The van der Waals surface area contributed by atoms with Gasteiger partial charge in [0.25, 0.3) is 10.2 Å². The third-order valence-electron chi connectivity index (χ3n) is 1.86. The van der Waals surface area contributed by atoms with Crippen LogP contribution in [-0.4, -0.2) is 48.2 Å². The van der Waals surface area contributed by atoms with Crippen molar-refractivity contribution < 1.29 is 18.0 Å². The summed E-state index contributed by atoms with van der Waals surface area (Å²) in [5.74, 6) is 0.263. The van der Waals surface area contributed by atoms with Gasteiger partial charge in [-0.15, -0.1) is 0 Å². The number of hydrogen-bond donors (Lipinski definition) is 2. The zero-order chi connectivity index (χ0) is 12.0. The van der Waals surface area contributed by atoms with E-state index in [-0.39, 0.29) is 25.5 Å². The molecule has 1 aromatic rings. The molecule has 0 radical (unpaired) electrons. The van der Waals surface area contributed by atoms with Crippen molar-refractivity contribution in [1.82, 2.24) is 19.2 Å². The van der Waals surface area contributed by atoms with Crippen LogP contribution in [0.3, 0.4) is 0 Å². The van der Waals surface area contributed by atoms with Crippen LogP contribution >= 0.6 is 0 Å². The van der Waals surface area contributed by atoms with Crippen molar-refractivity contribution in [2.45, 2.75) is 13.0 Å². The number of aromatic nitrogens is 2. The second-order valence-corrected chi connectivity index (χ2v) is 4.93. The van der Waals surface area contributed by atoms with Gasteiger partial charge in [-0.05, 0) is 6.42 Å². The van der Waals surface area contributed by atoms with Crippen LogP contribution in [0.2, 0.25) is 0 Å². The lowest BCUT2D eigenvalue weighted by molar-refractivity contribution is 0.275. The van der Waals surface area contributed by atoms with E-state index >= 15 is 0 Å². The highest BCUT2D eigenvalue weighted by molar-refractivity contribution is 7.87. The number of nitrogens with zero attached hydrogens (tertiary/aromatic N) is 3. The molecule has 0 saturated carbocycles. The SMILES string of the molecule is CN(CCCO)S(=O)(=O)NCc1ncon1. The molecule has 0 saturated heterocycles. The van der Waals surface area contributed by atoms with Crippen LogP contribution in [0.1, 0.15) is 12.2 Å². The molecule has 0 aliphatic heterocycles. The number of rotatable bonds is 7. The van der Waals surface area contributed by atoms with E-state index in [0.717, 1.165) is 10.7 Å². The average Bonchev–Trinajstić information content (AvgIpc) is 2.76. The topological polar surface area (TPSA) is 109 Å². The first-order valence-corrected chi connectivity index (χ1v) is 6.07. The maximum absolute atomic E-state index is 11.6. The fourth-order valence-corrected chi connectivity index (χ4v) is 1.85. The van der Waals surface area contributed by atoms with E-state index in [4.69, 9.17) is 5.11 Å². The van der Waals surface area contributed by atoms with Crippen LogP contribution in [0, 0.1) is 0 Å². The second-order valence-electron chi connectivity index (χ2n) is 3.07. The monoisotopic (exact) mass is 250 g/mol. The lowest BCUT2D eigenvalue weighted by Crippen LogP contribution is -2.38. The number of aliphatic hydroxyl groups is 1. The maximum atomic E-state index is 11.6. The molecular weight excluding hydrogens is 236 g/mol. The zero-order valence-electron chi connectivity index (χ0n) is 8.83. The van der Waals surface area contributed by atoms with E-state index in [1.807, 2.05) is 0 Å². The molecule has 0 amide bonds. The van der Waals surface area contributed by atoms with E-state index in [1.165, 1.54) is 7.05 Å². The predicted molar refractivity (Wildman–Crippen MR) is 54.4 cm³/mol. The first kappa shape index (κ1) is 13.0. The first-order valence-electron chi connectivity index (χ1n) is 4.63. The quantitative estimate of drug-likeness (QED) is 0.624. The molecule has 1 aromatic heterocycles. The Labute approximate surface area is 93.4 Å². The first-order chi connectivity index (χ1) is 7.56. The van der Waals surface area contributed by atoms with Gasteiger partial charge in [0.1, 0.15) is 0 Å². The lowest BCUT2D eigenvalue weighted by atomic mass is 10.5. The Bertz CT molecular complexity index is 391. The Morgan fingerprint density at radius 1 is 1.62 bits per heavy atom. The van der Waals surface area contributed by atoms with Gasteiger partial charge in [0.2, 0.25) is 6.39 Å². The predicted octanol–water partition coefficient (Wildman–Crippen LogP) is -1.28. The molecule has 2 N–H and O–H groups in total. The molecule has 0 aliphatic rings. The molecular formula is C7H14N4O4S. The van der Waals surface area contributed by atoms with E-state index in [2.05, 4.69) is 19.4 Å². The summed E-state index contributed by atoms with van der Waals surface area (Å²) >= 11 is 0. The molecule has 0 aliphatic carbocycles. The van der Waals surface area contributed by atoms with Crippen LogP contribution in [0.25, 0.3) is 0 Å². The largest absolute Gasteiger partial charge is 0.396 e. The summed E-state index contributed by atoms with van der Waals surface area (Å²) in [5, 5.41) is 12.1. The fourth-order valence-electron chi connectivity index (χ4n) is 0.950. The molecule has 0 atom stereocenters. The Morgan fingerprint density at radius 3 is 2.94 bits per heavy atom. The van der Waals surface area contributed by atoms with Crippen LogP contribution in [-0.2, 0) is 16.8 Å². The minimum absolute atomic E-state index is 0.0255. The average molecular weight is 250 g/mol. The Morgan fingerprint density at radius 2 is 2.38 bits per heavy atom. The molecule has 16 heavy (non-hydrogen) atoms. The van der Waals surface area contributed by atoms with Crippen molar-refractivity contribution in [1.29, 1.82) is 0 Å². The van der Waals surface area contributed by atoms with Gasteiger partial charge in [0, 0.05) is 20.2 Å². The minimum atomic E-state index is -3.56. The van der Waals surface area contributed by atoms with Gasteiger partial charge in [0.15, 0.2) is 5.82 Å². The van der Waals surface area contributed by atoms with Gasteiger partial charge >= 0.3 is 0 Å². The summed E-state index contributed by atoms with van der Waals surface area (Å²) < 4.78 is 31.0. The minimum Gasteiger partial charge on any atom is -0.396 e. The van der Waals surface area contributed by atoms with Gasteiger partial charge in [-0.1, -0.05) is 5.16 Å². The van der Waals surface area contributed by atoms with E-state index in [0.29, 0.717) is 6.42 Å². The highest BCUT2D eigenvalue weighted by Gasteiger charge is 2.17. The van der Waals surface area contributed by atoms with Crippen LogP contribution in [0.4, 0.5) is 0 Å². The van der Waals surface area contributed by atoms with Crippen molar-refractivity contribution in [3.63, 3.8) is 0 Å². The van der Waals surface area contributed by atoms with Crippen molar-refractivity contribution in [2.75, 3.05) is 20.2 Å². The summed E-state index contributed by atoms with van der Waals surface area (Å²) in [6, 6.07) is 0. The molecule has 92 valence electrons. The molecule has 8 nitrogen and oxygen atoms in total. The number of aliphatic hydroxyl groups excluding tert-OH is 1. The molecule has 0 fully saturated rings. The zero-order valence-corrected chi connectivity index (χ0v) is 9.64. The van der Waals surface area contributed by atoms with Crippen molar-refractivity contribution in [3.05, 3.63) is 12.2 Å². The van der Waals surface area contributed by atoms with E-state index in [1.54, 1.807) is 0 Å². The van der Waals surface area contributed by atoms with Gasteiger partial charge in [-0.2, -0.15) is 22.4 Å². The fraction of sp³-hybridized carbons (Fsp3) is 0.714. The Kier molecular flexibility index (Phi) is 4.80. The normalized spacial score (nSPS) is 12.2. The van der Waals surface area contributed by atoms with Gasteiger partial charge in [-0.25, -0.2) is 0 Å². The highest BCUT2D eigenvalue weighted by atomic mass is 32.2. The molecule has 9 heteroatoms. The molecule has 1 rings (SSSR count). The van der Waals surface area contributed by atoms with Crippen LogP contribution < -0.4 is 4.72 Å². The third kappa shape index (κ3) is 3.85. The number of hydrogen-bond acceptors (Lipinski definition) is 6. The van der Waals surface area contributed by atoms with Crippen molar-refractivity contribution in [3.8, 4) is 0 Å². The number of nitrogens with one attached hydrogen (secondary N) is 1. The van der Waals surface area contributed by atoms with Crippen molar-refractivity contribution >= 4 is 10.2 Å². The molecule has 0 spiro atoms. The summed E-state index contributed by atoms with van der Waals surface area (Å²) in [6.07, 6.45) is 1.51. The molecule has 0 unspecified atom stereocenters. The standard InChI is InChI=1S/C7H14N4O4S/c1-11(3-2-4-12)16(13,14)9-5-7-8-6-15-10-7/h6,9,12H,2-5H2,1H3. The second kappa shape index (κ2) is 5.89. The van der Waals surface area contributed by atoms with E-state index in [9.17, 15) is 8.42 Å². The van der Waals surface area contributed by atoms with Gasteiger partial charge < -0.3 is 9.63 Å². The van der Waals surface area contributed by atoms with Gasteiger partial charge in [0.05, 0.1) is 6.54 Å². The van der Waals surface area contributed by atoms with Gasteiger partial charge in [-0.3, -0.25) is 0 Å². The van der Waals surface area contributed by atoms with Crippen molar-refractivity contribution in [2.24, 2.45) is 0 Å². The molecule has 0 aromatic carbocycles.